The Morgan fingerprint density at radius 1 is 1.17 bits per heavy atom. The quantitative estimate of drug-likeness (QED) is 0.808. The van der Waals surface area contributed by atoms with E-state index in [2.05, 4.69) is 18.9 Å². The maximum absolute atomic E-state index is 11.9. The Labute approximate surface area is 107 Å². The maximum atomic E-state index is 11.9. The minimum absolute atomic E-state index is 0.204. The second-order valence-corrected chi connectivity index (χ2v) is 4.76. The van der Waals surface area contributed by atoms with Gasteiger partial charge in [0.2, 0.25) is 0 Å². The van der Waals surface area contributed by atoms with E-state index in [0.29, 0.717) is 18.9 Å². The summed E-state index contributed by atoms with van der Waals surface area (Å²) in [5, 5.41) is 4.39. The number of carbonyl (C=O) groups is 1. The third kappa shape index (κ3) is 3.29. The molecular formula is C15H18N2O. The highest BCUT2D eigenvalue weighted by Gasteiger charge is 2.08. The molecule has 1 heterocycles. The minimum Gasteiger partial charge on any atom is -0.299 e. The Morgan fingerprint density at radius 3 is 2.50 bits per heavy atom. The van der Waals surface area contributed by atoms with Crippen molar-refractivity contribution in [2.45, 2.75) is 32.7 Å². The molecule has 0 saturated carbocycles. The molecule has 2 rings (SSSR count). The van der Waals surface area contributed by atoms with Crippen LogP contribution in [0.5, 0.6) is 0 Å². The fourth-order valence-corrected chi connectivity index (χ4v) is 1.85. The second kappa shape index (κ2) is 5.63. The Morgan fingerprint density at radius 2 is 1.89 bits per heavy atom. The lowest BCUT2D eigenvalue weighted by Gasteiger charge is -2.03. The average Bonchev–Trinajstić information content (AvgIpc) is 2.78. The lowest BCUT2D eigenvalue weighted by molar-refractivity contribution is -0.117. The van der Waals surface area contributed by atoms with Crippen LogP contribution in [0, 0.1) is 0 Å². The van der Waals surface area contributed by atoms with Gasteiger partial charge in [0.05, 0.1) is 12.1 Å². The first-order valence-corrected chi connectivity index (χ1v) is 6.25. The molecule has 0 aliphatic carbocycles. The van der Waals surface area contributed by atoms with Gasteiger partial charge in [-0.2, -0.15) is 5.10 Å². The number of aromatic nitrogens is 2. The van der Waals surface area contributed by atoms with Crippen LogP contribution in [-0.4, -0.2) is 15.6 Å². The molecule has 0 unspecified atom stereocenters. The SMILES string of the molecule is CC(C)n1ccc(CC(=O)Cc2ccccc2)n1. The number of ketones is 1. The van der Waals surface area contributed by atoms with Gasteiger partial charge in [-0.3, -0.25) is 9.48 Å². The van der Waals surface area contributed by atoms with Gasteiger partial charge < -0.3 is 0 Å². The third-order valence-electron chi connectivity index (χ3n) is 2.82. The van der Waals surface area contributed by atoms with E-state index in [0.717, 1.165) is 11.3 Å². The van der Waals surface area contributed by atoms with E-state index in [1.165, 1.54) is 0 Å². The molecule has 3 heteroatoms. The molecular weight excluding hydrogens is 224 g/mol. The van der Waals surface area contributed by atoms with Crippen LogP contribution in [0.15, 0.2) is 42.6 Å². The second-order valence-electron chi connectivity index (χ2n) is 4.76. The molecule has 0 N–H and O–H groups in total. The predicted molar refractivity (Wildman–Crippen MR) is 71.5 cm³/mol. The van der Waals surface area contributed by atoms with Gasteiger partial charge in [0.1, 0.15) is 5.78 Å². The first-order chi connectivity index (χ1) is 8.65. The van der Waals surface area contributed by atoms with Crippen LogP contribution in [0.1, 0.15) is 31.1 Å². The Hall–Kier alpha value is -1.90. The maximum Gasteiger partial charge on any atom is 0.143 e. The van der Waals surface area contributed by atoms with Crippen molar-refractivity contribution in [3.8, 4) is 0 Å². The molecule has 0 spiro atoms. The zero-order valence-corrected chi connectivity index (χ0v) is 10.8. The highest BCUT2D eigenvalue weighted by atomic mass is 16.1. The Kier molecular flexibility index (Phi) is 3.92. The summed E-state index contributed by atoms with van der Waals surface area (Å²) in [6.07, 6.45) is 2.82. The first kappa shape index (κ1) is 12.6. The molecule has 0 fully saturated rings. The van der Waals surface area contributed by atoms with Crippen LogP contribution in [0.25, 0.3) is 0 Å². The van der Waals surface area contributed by atoms with Crippen molar-refractivity contribution in [1.29, 1.82) is 0 Å². The highest BCUT2D eigenvalue weighted by Crippen LogP contribution is 2.07. The molecule has 18 heavy (non-hydrogen) atoms. The number of Topliss-reactive ketones (excluding diaryl/α,β-unsaturated/α-hetero) is 1. The van der Waals surface area contributed by atoms with E-state index in [1.807, 2.05) is 47.3 Å². The van der Waals surface area contributed by atoms with Crippen LogP contribution in [0.4, 0.5) is 0 Å². The molecule has 0 aliphatic heterocycles. The highest BCUT2D eigenvalue weighted by molar-refractivity contribution is 5.82. The molecule has 0 atom stereocenters. The van der Waals surface area contributed by atoms with Gasteiger partial charge in [-0.1, -0.05) is 30.3 Å². The largest absolute Gasteiger partial charge is 0.299 e. The molecule has 2 aromatic rings. The lowest BCUT2D eigenvalue weighted by Crippen LogP contribution is -2.08. The van der Waals surface area contributed by atoms with Gasteiger partial charge >= 0.3 is 0 Å². The molecule has 0 radical (unpaired) electrons. The van der Waals surface area contributed by atoms with Crippen molar-refractivity contribution < 1.29 is 4.79 Å². The molecule has 94 valence electrons. The molecule has 0 amide bonds. The van der Waals surface area contributed by atoms with Crippen molar-refractivity contribution in [2.24, 2.45) is 0 Å². The molecule has 0 aliphatic rings. The topological polar surface area (TPSA) is 34.9 Å². The predicted octanol–water partition coefficient (Wildman–Crippen LogP) is 2.82. The zero-order chi connectivity index (χ0) is 13.0. The monoisotopic (exact) mass is 242 g/mol. The molecule has 0 bridgehead atoms. The summed E-state index contributed by atoms with van der Waals surface area (Å²) >= 11 is 0. The van der Waals surface area contributed by atoms with Gasteiger partial charge in [0, 0.05) is 18.7 Å². The number of hydrogen-bond acceptors (Lipinski definition) is 2. The summed E-state index contributed by atoms with van der Waals surface area (Å²) in [6, 6.07) is 12.1. The zero-order valence-electron chi connectivity index (χ0n) is 10.8. The first-order valence-electron chi connectivity index (χ1n) is 6.25. The molecule has 1 aromatic heterocycles. The van der Waals surface area contributed by atoms with Crippen LogP contribution in [-0.2, 0) is 17.6 Å². The van der Waals surface area contributed by atoms with Crippen molar-refractivity contribution in [2.75, 3.05) is 0 Å². The van der Waals surface area contributed by atoms with Crippen molar-refractivity contribution in [3.05, 3.63) is 53.9 Å². The number of hydrogen-bond donors (Lipinski definition) is 0. The van der Waals surface area contributed by atoms with Gasteiger partial charge in [0.25, 0.3) is 0 Å². The van der Waals surface area contributed by atoms with Gasteiger partial charge in [0.15, 0.2) is 0 Å². The third-order valence-corrected chi connectivity index (χ3v) is 2.82. The number of nitrogens with zero attached hydrogens (tertiary/aromatic N) is 2. The molecule has 3 nitrogen and oxygen atoms in total. The van der Waals surface area contributed by atoms with Crippen molar-refractivity contribution in [1.82, 2.24) is 9.78 Å². The van der Waals surface area contributed by atoms with E-state index in [-0.39, 0.29) is 5.78 Å². The Bertz CT molecular complexity index is 514. The molecule has 0 saturated heterocycles. The van der Waals surface area contributed by atoms with Crippen LogP contribution in [0.3, 0.4) is 0 Å². The number of rotatable bonds is 5. The van der Waals surface area contributed by atoms with Gasteiger partial charge in [-0.15, -0.1) is 0 Å². The smallest absolute Gasteiger partial charge is 0.143 e. The van der Waals surface area contributed by atoms with Gasteiger partial charge in [-0.05, 0) is 25.5 Å². The lowest BCUT2D eigenvalue weighted by atomic mass is 10.1. The Balaban J connectivity index is 1.95. The summed E-state index contributed by atoms with van der Waals surface area (Å²) in [5.41, 5.74) is 1.91. The van der Waals surface area contributed by atoms with E-state index in [4.69, 9.17) is 0 Å². The van der Waals surface area contributed by atoms with E-state index in [1.54, 1.807) is 0 Å². The van der Waals surface area contributed by atoms with E-state index in [9.17, 15) is 4.79 Å². The summed E-state index contributed by atoms with van der Waals surface area (Å²) in [5.74, 6) is 0.204. The van der Waals surface area contributed by atoms with E-state index < -0.39 is 0 Å². The van der Waals surface area contributed by atoms with Crippen LogP contribution >= 0.6 is 0 Å². The normalized spacial score (nSPS) is 10.8. The summed E-state index contributed by atoms with van der Waals surface area (Å²) in [6.45, 7) is 4.14. The average molecular weight is 242 g/mol. The minimum atomic E-state index is 0.204. The van der Waals surface area contributed by atoms with Gasteiger partial charge in [-0.25, -0.2) is 0 Å². The summed E-state index contributed by atoms with van der Waals surface area (Å²) < 4.78 is 1.88. The summed E-state index contributed by atoms with van der Waals surface area (Å²) in [7, 11) is 0. The van der Waals surface area contributed by atoms with Crippen LogP contribution in [0.2, 0.25) is 0 Å². The summed E-state index contributed by atoms with van der Waals surface area (Å²) in [4.78, 5) is 11.9. The van der Waals surface area contributed by atoms with Crippen molar-refractivity contribution in [3.63, 3.8) is 0 Å². The molecule has 1 aromatic carbocycles. The number of carbonyl (C=O) groups excluding carboxylic acids is 1. The van der Waals surface area contributed by atoms with Crippen molar-refractivity contribution >= 4 is 5.78 Å². The fraction of sp³-hybridized carbons (Fsp3) is 0.333. The van der Waals surface area contributed by atoms with E-state index >= 15 is 0 Å². The fourth-order valence-electron chi connectivity index (χ4n) is 1.85. The standard InChI is InChI=1S/C15H18N2O/c1-12(2)17-9-8-14(16-17)11-15(18)10-13-6-4-3-5-7-13/h3-9,12H,10-11H2,1-2H3. The van der Waals surface area contributed by atoms with Crippen LogP contribution < -0.4 is 0 Å². The number of benzene rings is 1.